The zero-order valence-electron chi connectivity index (χ0n) is 14.2. The van der Waals surface area contributed by atoms with Gasteiger partial charge < -0.3 is 15.0 Å². The number of ether oxygens (including phenoxy) is 1. The molecule has 130 valence electrons. The largest absolute Gasteiger partial charge is 0.465 e. The summed E-state index contributed by atoms with van der Waals surface area (Å²) in [4.78, 5) is 27.5. The van der Waals surface area contributed by atoms with Crippen LogP contribution >= 0.6 is 11.8 Å². The van der Waals surface area contributed by atoms with Crippen LogP contribution in [0.4, 0.5) is 11.4 Å². The van der Waals surface area contributed by atoms with Crippen molar-refractivity contribution in [1.82, 2.24) is 0 Å². The molecule has 3 rings (SSSR count). The minimum Gasteiger partial charge on any atom is -0.465 e. The van der Waals surface area contributed by atoms with Gasteiger partial charge in [-0.05, 0) is 36.8 Å². The predicted molar refractivity (Wildman–Crippen MR) is 101 cm³/mol. The number of anilines is 2. The van der Waals surface area contributed by atoms with E-state index in [-0.39, 0.29) is 12.5 Å². The second-order valence-corrected chi connectivity index (χ2v) is 6.94. The summed E-state index contributed by atoms with van der Waals surface area (Å²) in [6.45, 7) is 3.00. The zero-order chi connectivity index (χ0) is 17.8. The van der Waals surface area contributed by atoms with E-state index in [1.807, 2.05) is 36.9 Å². The molecule has 1 aliphatic rings. The Morgan fingerprint density at radius 2 is 2.04 bits per heavy atom. The van der Waals surface area contributed by atoms with E-state index < -0.39 is 5.97 Å². The van der Waals surface area contributed by atoms with Gasteiger partial charge in [-0.1, -0.05) is 18.2 Å². The number of nitrogens with zero attached hydrogens (tertiary/aromatic N) is 1. The molecule has 0 saturated carbocycles. The lowest BCUT2D eigenvalue weighted by Crippen LogP contribution is -2.36. The van der Waals surface area contributed by atoms with E-state index in [0.29, 0.717) is 11.3 Å². The molecule has 0 fully saturated rings. The highest BCUT2D eigenvalue weighted by Crippen LogP contribution is 2.34. The maximum absolute atomic E-state index is 12.5. The lowest BCUT2D eigenvalue weighted by atomic mass is 10.1. The van der Waals surface area contributed by atoms with Gasteiger partial charge in [0, 0.05) is 22.9 Å². The molecule has 0 unspecified atom stereocenters. The van der Waals surface area contributed by atoms with Crippen LogP contribution in [0.25, 0.3) is 0 Å². The number of thioether (sulfide) groups is 1. The van der Waals surface area contributed by atoms with E-state index in [9.17, 15) is 9.59 Å². The van der Waals surface area contributed by atoms with Gasteiger partial charge in [0.15, 0.2) is 0 Å². The van der Waals surface area contributed by atoms with E-state index in [2.05, 4.69) is 16.3 Å². The number of carbonyl (C=O) groups is 2. The molecule has 6 heteroatoms. The second-order valence-electron chi connectivity index (χ2n) is 5.81. The Morgan fingerprint density at radius 3 is 2.84 bits per heavy atom. The molecule has 5 nitrogen and oxygen atoms in total. The van der Waals surface area contributed by atoms with Crippen molar-refractivity contribution < 1.29 is 14.3 Å². The van der Waals surface area contributed by atoms with Crippen molar-refractivity contribution in [2.45, 2.75) is 11.8 Å². The molecule has 2 aromatic rings. The Morgan fingerprint density at radius 1 is 1.24 bits per heavy atom. The highest BCUT2D eigenvalue weighted by molar-refractivity contribution is 7.99. The number of aryl methyl sites for hydroxylation is 1. The summed E-state index contributed by atoms with van der Waals surface area (Å²) in [6.07, 6.45) is 0. The molecule has 0 aliphatic carbocycles. The number of rotatable bonds is 4. The Labute approximate surface area is 151 Å². The van der Waals surface area contributed by atoms with Crippen molar-refractivity contribution in [2.24, 2.45) is 0 Å². The number of carbonyl (C=O) groups excluding carboxylic acids is 2. The molecule has 0 radical (unpaired) electrons. The van der Waals surface area contributed by atoms with Crippen LogP contribution in [0.2, 0.25) is 0 Å². The summed E-state index contributed by atoms with van der Waals surface area (Å²) in [5.74, 6) is 0.436. The van der Waals surface area contributed by atoms with Gasteiger partial charge in [-0.2, -0.15) is 0 Å². The van der Waals surface area contributed by atoms with Crippen LogP contribution in [-0.4, -0.2) is 37.8 Å². The van der Waals surface area contributed by atoms with E-state index in [1.165, 1.54) is 12.0 Å². The van der Waals surface area contributed by atoms with Crippen LogP contribution < -0.4 is 10.2 Å². The Balaban J connectivity index is 1.73. The third kappa shape index (κ3) is 3.96. The minimum atomic E-state index is -0.419. The van der Waals surface area contributed by atoms with Crippen molar-refractivity contribution >= 4 is 35.0 Å². The Bertz CT molecular complexity index is 807. The maximum atomic E-state index is 12.5. The van der Waals surface area contributed by atoms with E-state index in [0.717, 1.165) is 23.5 Å². The molecular formula is C19H20N2O3S. The fraction of sp³-hybridized carbons (Fsp3) is 0.263. The molecule has 1 aliphatic heterocycles. The molecular weight excluding hydrogens is 336 g/mol. The lowest BCUT2D eigenvalue weighted by Gasteiger charge is -2.30. The first-order chi connectivity index (χ1) is 12.1. The van der Waals surface area contributed by atoms with Crippen molar-refractivity contribution in [3.63, 3.8) is 0 Å². The SMILES string of the molecule is COC(=O)c1ccc(C)c(NC(=O)CN2CCSc3ccccc32)c1. The van der Waals surface area contributed by atoms with Gasteiger partial charge in [0.1, 0.15) is 0 Å². The fourth-order valence-corrected chi connectivity index (χ4v) is 3.81. The van der Waals surface area contributed by atoms with Crippen LogP contribution in [0.3, 0.4) is 0 Å². The molecule has 1 amide bonds. The zero-order valence-corrected chi connectivity index (χ0v) is 15.1. The molecule has 2 aromatic carbocycles. The molecule has 25 heavy (non-hydrogen) atoms. The number of fused-ring (bicyclic) bond motifs is 1. The summed E-state index contributed by atoms with van der Waals surface area (Å²) < 4.78 is 4.73. The molecule has 0 atom stereocenters. The number of methoxy groups -OCH3 is 1. The van der Waals surface area contributed by atoms with Crippen LogP contribution in [0.5, 0.6) is 0 Å². The van der Waals surface area contributed by atoms with Crippen LogP contribution in [0, 0.1) is 6.92 Å². The number of hydrogen-bond donors (Lipinski definition) is 1. The molecule has 1 heterocycles. The minimum absolute atomic E-state index is 0.105. The Hall–Kier alpha value is -2.47. The van der Waals surface area contributed by atoms with Gasteiger partial charge in [0.05, 0.1) is 24.9 Å². The predicted octanol–water partition coefficient (Wildman–Crippen LogP) is 3.33. The summed E-state index contributed by atoms with van der Waals surface area (Å²) in [6, 6.07) is 13.3. The quantitative estimate of drug-likeness (QED) is 0.852. The number of nitrogens with one attached hydrogen (secondary N) is 1. The number of benzene rings is 2. The lowest BCUT2D eigenvalue weighted by molar-refractivity contribution is -0.115. The summed E-state index contributed by atoms with van der Waals surface area (Å²) >= 11 is 1.81. The Kier molecular flexibility index (Phi) is 5.28. The average molecular weight is 356 g/mol. The van der Waals surface area contributed by atoms with Gasteiger partial charge in [0.2, 0.25) is 5.91 Å². The van der Waals surface area contributed by atoms with E-state index in [1.54, 1.807) is 18.2 Å². The van der Waals surface area contributed by atoms with Crippen molar-refractivity contribution in [2.75, 3.05) is 36.2 Å². The van der Waals surface area contributed by atoms with E-state index >= 15 is 0 Å². The van der Waals surface area contributed by atoms with Gasteiger partial charge in [-0.25, -0.2) is 4.79 Å². The first-order valence-electron chi connectivity index (χ1n) is 8.04. The fourth-order valence-electron chi connectivity index (χ4n) is 2.76. The third-order valence-electron chi connectivity index (χ3n) is 4.09. The van der Waals surface area contributed by atoms with Crippen LogP contribution in [-0.2, 0) is 9.53 Å². The first-order valence-corrected chi connectivity index (χ1v) is 9.02. The average Bonchev–Trinajstić information content (AvgIpc) is 2.63. The number of esters is 1. The molecule has 0 aromatic heterocycles. The van der Waals surface area contributed by atoms with Crippen molar-refractivity contribution in [3.8, 4) is 0 Å². The molecule has 0 saturated heterocycles. The third-order valence-corrected chi connectivity index (χ3v) is 5.13. The number of hydrogen-bond acceptors (Lipinski definition) is 5. The van der Waals surface area contributed by atoms with E-state index in [4.69, 9.17) is 4.74 Å². The second kappa shape index (κ2) is 7.61. The molecule has 0 spiro atoms. The van der Waals surface area contributed by atoms with Crippen LogP contribution in [0.1, 0.15) is 15.9 Å². The molecule has 1 N–H and O–H groups in total. The number of para-hydroxylation sites is 1. The topological polar surface area (TPSA) is 58.6 Å². The smallest absolute Gasteiger partial charge is 0.337 e. The highest BCUT2D eigenvalue weighted by Gasteiger charge is 2.19. The van der Waals surface area contributed by atoms with Crippen molar-refractivity contribution in [1.29, 1.82) is 0 Å². The highest BCUT2D eigenvalue weighted by atomic mass is 32.2. The maximum Gasteiger partial charge on any atom is 0.337 e. The van der Waals surface area contributed by atoms with Gasteiger partial charge in [0.25, 0.3) is 0 Å². The van der Waals surface area contributed by atoms with Crippen molar-refractivity contribution in [3.05, 3.63) is 53.6 Å². The normalized spacial score (nSPS) is 13.1. The monoisotopic (exact) mass is 356 g/mol. The summed E-state index contributed by atoms with van der Waals surface area (Å²) in [5, 5.41) is 2.91. The first kappa shape index (κ1) is 17.4. The molecule has 0 bridgehead atoms. The summed E-state index contributed by atoms with van der Waals surface area (Å²) in [5.41, 5.74) is 3.04. The van der Waals surface area contributed by atoms with Gasteiger partial charge in [-0.15, -0.1) is 11.8 Å². The summed E-state index contributed by atoms with van der Waals surface area (Å²) in [7, 11) is 1.34. The van der Waals surface area contributed by atoms with Gasteiger partial charge >= 0.3 is 5.97 Å². The standard InChI is InChI=1S/C19H20N2O3S/c1-13-7-8-14(19(23)24-2)11-15(13)20-18(22)12-21-9-10-25-17-6-4-3-5-16(17)21/h3-8,11H,9-10,12H2,1-2H3,(H,20,22). The van der Waals surface area contributed by atoms with Crippen LogP contribution in [0.15, 0.2) is 47.4 Å². The van der Waals surface area contributed by atoms with Gasteiger partial charge in [-0.3, -0.25) is 4.79 Å². The number of amides is 1.